The van der Waals surface area contributed by atoms with Crippen molar-refractivity contribution >= 4 is 5.91 Å². The molecular formula is C17H26N2O2. The van der Waals surface area contributed by atoms with E-state index in [-0.39, 0.29) is 18.1 Å². The van der Waals surface area contributed by atoms with E-state index in [1.165, 1.54) is 36.0 Å². The Labute approximate surface area is 127 Å². The summed E-state index contributed by atoms with van der Waals surface area (Å²) in [5.41, 5.74) is 9.62. The third-order valence-electron chi connectivity index (χ3n) is 4.26. The molecular weight excluding hydrogens is 264 g/mol. The Balaban J connectivity index is 1.96. The van der Waals surface area contributed by atoms with Gasteiger partial charge in [-0.25, -0.2) is 0 Å². The molecule has 1 aromatic rings. The van der Waals surface area contributed by atoms with Crippen LogP contribution in [0.2, 0.25) is 0 Å². The third-order valence-corrected chi connectivity index (χ3v) is 4.26. The predicted octanol–water partition coefficient (Wildman–Crippen LogP) is 2.11. The van der Waals surface area contributed by atoms with Gasteiger partial charge in [0.15, 0.2) is 0 Å². The fraction of sp³-hybridized carbons (Fsp3) is 0.588. The molecule has 1 aromatic carbocycles. The quantitative estimate of drug-likeness (QED) is 0.843. The Morgan fingerprint density at radius 2 is 2.05 bits per heavy atom. The SMILES string of the molecule is COC(CN)CC(=O)NC(C)c1ccc2c(c1)CCCC2. The summed E-state index contributed by atoms with van der Waals surface area (Å²) in [6.45, 7) is 2.38. The van der Waals surface area contributed by atoms with Crippen molar-refractivity contribution in [1.29, 1.82) is 0 Å². The summed E-state index contributed by atoms with van der Waals surface area (Å²) in [5, 5.41) is 3.03. The highest BCUT2D eigenvalue weighted by Gasteiger charge is 2.16. The molecule has 0 saturated heterocycles. The summed E-state index contributed by atoms with van der Waals surface area (Å²) in [6.07, 6.45) is 4.99. The topological polar surface area (TPSA) is 64.3 Å². The highest BCUT2D eigenvalue weighted by molar-refractivity contribution is 5.77. The van der Waals surface area contributed by atoms with Crippen LogP contribution in [0.1, 0.15) is 48.9 Å². The highest BCUT2D eigenvalue weighted by atomic mass is 16.5. The van der Waals surface area contributed by atoms with Gasteiger partial charge in [-0.2, -0.15) is 0 Å². The van der Waals surface area contributed by atoms with Crippen molar-refractivity contribution in [2.24, 2.45) is 5.73 Å². The average Bonchev–Trinajstić information content (AvgIpc) is 2.52. The van der Waals surface area contributed by atoms with Crippen LogP contribution in [0.4, 0.5) is 0 Å². The van der Waals surface area contributed by atoms with Crippen molar-refractivity contribution < 1.29 is 9.53 Å². The number of nitrogens with one attached hydrogen (secondary N) is 1. The van der Waals surface area contributed by atoms with Crippen molar-refractivity contribution in [1.82, 2.24) is 5.32 Å². The van der Waals surface area contributed by atoms with Gasteiger partial charge in [0.1, 0.15) is 0 Å². The zero-order valence-electron chi connectivity index (χ0n) is 13.0. The van der Waals surface area contributed by atoms with E-state index < -0.39 is 0 Å². The smallest absolute Gasteiger partial charge is 0.223 e. The van der Waals surface area contributed by atoms with E-state index in [0.717, 1.165) is 6.42 Å². The lowest BCUT2D eigenvalue weighted by atomic mass is 9.89. The lowest BCUT2D eigenvalue weighted by Gasteiger charge is -2.21. The van der Waals surface area contributed by atoms with E-state index in [4.69, 9.17) is 10.5 Å². The highest BCUT2D eigenvalue weighted by Crippen LogP contribution is 2.24. The Kier molecular flexibility index (Phi) is 5.76. The molecule has 1 amide bonds. The molecule has 4 nitrogen and oxygen atoms in total. The van der Waals surface area contributed by atoms with Gasteiger partial charge in [-0.3, -0.25) is 4.79 Å². The van der Waals surface area contributed by atoms with E-state index >= 15 is 0 Å². The number of carbonyl (C=O) groups excluding carboxylic acids is 1. The molecule has 0 aliphatic heterocycles. The molecule has 0 bridgehead atoms. The molecule has 21 heavy (non-hydrogen) atoms. The van der Waals surface area contributed by atoms with Gasteiger partial charge in [-0.15, -0.1) is 0 Å². The van der Waals surface area contributed by atoms with E-state index in [0.29, 0.717) is 13.0 Å². The molecule has 0 saturated carbocycles. The maximum absolute atomic E-state index is 12.0. The summed E-state index contributed by atoms with van der Waals surface area (Å²) < 4.78 is 5.15. The average molecular weight is 290 g/mol. The lowest BCUT2D eigenvalue weighted by Crippen LogP contribution is -2.33. The number of nitrogens with two attached hydrogens (primary N) is 1. The number of amides is 1. The minimum absolute atomic E-state index is 0.0139. The number of methoxy groups -OCH3 is 1. The largest absolute Gasteiger partial charge is 0.380 e. The van der Waals surface area contributed by atoms with Gasteiger partial charge >= 0.3 is 0 Å². The molecule has 1 aliphatic rings. The number of aryl methyl sites for hydroxylation is 2. The number of hydrogen-bond donors (Lipinski definition) is 2. The van der Waals surface area contributed by atoms with Crippen LogP contribution >= 0.6 is 0 Å². The summed E-state index contributed by atoms with van der Waals surface area (Å²) >= 11 is 0. The molecule has 0 radical (unpaired) electrons. The van der Waals surface area contributed by atoms with Gasteiger partial charge in [-0.05, 0) is 49.3 Å². The van der Waals surface area contributed by atoms with Crippen molar-refractivity contribution in [3.8, 4) is 0 Å². The molecule has 0 fully saturated rings. The number of ether oxygens (including phenoxy) is 1. The zero-order valence-corrected chi connectivity index (χ0v) is 13.0. The van der Waals surface area contributed by atoms with Gasteiger partial charge in [-0.1, -0.05) is 18.2 Å². The van der Waals surface area contributed by atoms with Crippen molar-refractivity contribution in [2.45, 2.75) is 51.2 Å². The Bertz CT molecular complexity index is 484. The summed E-state index contributed by atoms with van der Waals surface area (Å²) in [4.78, 5) is 12.0. The second kappa shape index (κ2) is 7.57. The summed E-state index contributed by atoms with van der Waals surface area (Å²) in [6, 6.07) is 6.60. The molecule has 4 heteroatoms. The molecule has 2 rings (SSSR count). The Hall–Kier alpha value is -1.39. The predicted molar refractivity (Wildman–Crippen MR) is 84.1 cm³/mol. The van der Waals surface area contributed by atoms with Gasteiger partial charge in [0.2, 0.25) is 5.91 Å². The van der Waals surface area contributed by atoms with E-state index in [1.807, 2.05) is 6.92 Å². The normalized spacial score (nSPS) is 16.9. The van der Waals surface area contributed by atoms with Crippen LogP contribution < -0.4 is 11.1 Å². The second-order valence-corrected chi connectivity index (χ2v) is 5.82. The molecule has 2 atom stereocenters. The van der Waals surface area contributed by atoms with E-state index in [9.17, 15) is 4.79 Å². The molecule has 116 valence electrons. The van der Waals surface area contributed by atoms with E-state index in [2.05, 4.69) is 23.5 Å². The standard InChI is InChI=1S/C17H26N2O2/c1-12(19-17(20)10-16(11-18)21-2)14-8-7-13-5-3-4-6-15(13)9-14/h7-9,12,16H,3-6,10-11,18H2,1-2H3,(H,19,20). The molecule has 0 spiro atoms. The molecule has 3 N–H and O–H groups in total. The number of benzene rings is 1. The monoisotopic (exact) mass is 290 g/mol. The summed E-state index contributed by atoms with van der Waals surface area (Å²) in [7, 11) is 1.58. The lowest BCUT2D eigenvalue weighted by molar-refractivity contribution is -0.124. The van der Waals surface area contributed by atoms with Crippen LogP contribution in [0.3, 0.4) is 0 Å². The van der Waals surface area contributed by atoms with Crippen molar-refractivity contribution in [3.05, 3.63) is 34.9 Å². The van der Waals surface area contributed by atoms with Crippen LogP contribution in [0, 0.1) is 0 Å². The van der Waals surface area contributed by atoms with E-state index in [1.54, 1.807) is 7.11 Å². The molecule has 0 heterocycles. The van der Waals surface area contributed by atoms with Crippen LogP contribution in [0.15, 0.2) is 18.2 Å². The first-order chi connectivity index (χ1) is 10.1. The maximum atomic E-state index is 12.0. The van der Waals surface area contributed by atoms with Crippen molar-refractivity contribution in [2.75, 3.05) is 13.7 Å². The maximum Gasteiger partial charge on any atom is 0.223 e. The van der Waals surface area contributed by atoms with Crippen LogP contribution in [0.25, 0.3) is 0 Å². The van der Waals surface area contributed by atoms with Crippen molar-refractivity contribution in [3.63, 3.8) is 0 Å². The van der Waals surface area contributed by atoms with Crippen LogP contribution in [0.5, 0.6) is 0 Å². The zero-order chi connectivity index (χ0) is 15.2. The Morgan fingerprint density at radius 3 is 2.71 bits per heavy atom. The first kappa shape index (κ1) is 16.0. The van der Waals surface area contributed by atoms with Gasteiger partial charge in [0.05, 0.1) is 18.6 Å². The van der Waals surface area contributed by atoms with Gasteiger partial charge < -0.3 is 15.8 Å². The third kappa shape index (κ3) is 4.29. The fourth-order valence-electron chi connectivity index (χ4n) is 2.88. The number of hydrogen-bond acceptors (Lipinski definition) is 3. The van der Waals surface area contributed by atoms with Crippen LogP contribution in [-0.4, -0.2) is 25.7 Å². The molecule has 1 aliphatic carbocycles. The fourth-order valence-corrected chi connectivity index (χ4v) is 2.88. The minimum atomic E-state index is -0.208. The molecule has 2 unspecified atom stereocenters. The number of fused-ring (bicyclic) bond motifs is 1. The second-order valence-electron chi connectivity index (χ2n) is 5.82. The minimum Gasteiger partial charge on any atom is -0.380 e. The first-order valence-electron chi connectivity index (χ1n) is 7.78. The number of carbonyl (C=O) groups is 1. The summed E-state index contributed by atoms with van der Waals surface area (Å²) in [5.74, 6) is -0.0162. The van der Waals surface area contributed by atoms with Gasteiger partial charge in [0, 0.05) is 13.7 Å². The molecule has 0 aromatic heterocycles. The van der Waals surface area contributed by atoms with Gasteiger partial charge in [0.25, 0.3) is 0 Å². The Morgan fingerprint density at radius 1 is 1.33 bits per heavy atom. The number of rotatable bonds is 6. The van der Waals surface area contributed by atoms with Crippen LogP contribution in [-0.2, 0) is 22.4 Å². The first-order valence-corrected chi connectivity index (χ1v) is 7.78.